The maximum absolute atomic E-state index is 12.2. The number of alkyl carbamates (subject to hydrolysis) is 1. The molecule has 7 nitrogen and oxygen atoms in total. The molecule has 3 rings (SSSR count). The Balaban J connectivity index is 1.25. The van der Waals surface area contributed by atoms with Crippen LogP contribution in [0.15, 0.2) is 48.5 Å². The number of carbonyl (C=O) groups is 3. The van der Waals surface area contributed by atoms with Crippen LogP contribution in [0, 0.1) is 11.8 Å². The Labute approximate surface area is 199 Å². The molecule has 0 aliphatic heterocycles. The number of hydrogen-bond acceptors (Lipinski definition) is 4. The lowest BCUT2D eigenvalue weighted by atomic mass is 9.98. The number of ether oxygens (including phenoxy) is 1. The largest absolute Gasteiger partial charge is 0.472 e. The van der Waals surface area contributed by atoms with Crippen LogP contribution in [0.25, 0.3) is 11.1 Å². The van der Waals surface area contributed by atoms with Gasteiger partial charge in [0.1, 0.15) is 6.61 Å². The monoisotopic (exact) mass is 462 g/mol. The minimum absolute atomic E-state index is 0.0483. The van der Waals surface area contributed by atoms with Crippen LogP contribution in [0.2, 0.25) is 0 Å². The van der Waals surface area contributed by atoms with Gasteiger partial charge in [0.25, 0.3) is 0 Å². The van der Waals surface area contributed by atoms with Crippen LogP contribution in [0.5, 0.6) is 0 Å². The van der Waals surface area contributed by atoms with E-state index in [0.717, 1.165) is 32.1 Å². The molecule has 0 unspecified atom stereocenters. The highest BCUT2D eigenvalue weighted by atomic mass is 16.5. The molecule has 0 atom stereocenters. The van der Waals surface area contributed by atoms with Crippen LogP contribution in [0.1, 0.15) is 55.6 Å². The molecule has 1 aliphatic rings. The van der Waals surface area contributed by atoms with E-state index >= 15 is 0 Å². The fourth-order valence-electron chi connectivity index (χ4n) is 4.13. The Bertz CT molecular complexity index is 1020. The lowest BCUT2D eigenvalue weighted by Gasteiger charge is -2.14. The predicted octanol–water partition coefficient (Wildman–Crippen LogP) is 4.07. The van der Waals surface area contributed by atoms with Gasteiger partial charge >= 0.3 is 12.1 Å². The van der Waals surface area contributed by atoms with E-state index in [1.165, 1.54) is 22.3 Å². The van der Waals surface area contributed by atoms with E-state index in [-0.39, 0.29) is 18.4 Å². The van der Waals surface area contributed by atoms with Crippen molar-refractivity contribution in [3.8, 4) is 23.0 Å². The number of benzene rings is 2. The van der Waals surface area contributed by atoms with Crippen molar-refractivity contribution < 1.29 is 24.2 Å². The Kier molecular flexibility index (Phi) is 9.53. The van der Waals surface area contributed by atoms with Crippen molar-refractivity contribution in [2.75, 3.05) is 19.7 Å². The maximum atomic E-state index is 12.2. The van der Waals surface area contributed by atoms with Crippen LogP contribution in [-0.2, 0) is 14.3 Å². The van der Waals surface area contributed by atoms with Crippen molar-refractivity contribution in [3.63, 3.8) is 0 Å². The molecular weight excluding hydrogens is 432 g/mol. The third-order valence-corrected chi connectivity index (χ3v) is 5.76. The van der Waals surface area contributed by atoms with E-state index < -0.39 is 12.1 Å². The van der Waals surface area contributed by atoms with E-state index in [2.05, 4.69) is 40.8 Å². The minimum atomic E-state index is -1.21. The SMILES string of the molecule is O=C(O)C#CCNC(=O)CCCCCCCNC(=O)OCC1c2ccccc2-c2ccccc21. The van der Waals surface area contributed by atoms with E-state index in [0.29, 0.717) is 19.6 Å². The van der Waals surface area contributed by atoms with Crippen LogP contribution >= 0.6 is 0 Å². The molecule has 0 saturated carbocycles. The quantitative estimate of drug-likeness (QED) is 0.345. The van der Waals surface area contributed by atoms with Crippen LogP contribution < -0.4 is 10.6 Å². The number of carbonyl (C=O) groups excluding carboxylic acids is 2. The molecule has 0 radical (unpaired) electrons. The predicted molar refractivity (Wildman–Crippen MR) is 129 cm³/mol. The number of aliphatic carboxylic acids is 1. The van der Waals surface area contributed by atoms with Gasteiger partial charge in [-0.2, -0.15) is 0 Å². The Morgan fingerprint density at radius 1 is 0.853 bits per heavy atom. The van der Waals surface area contributed by atoms with Gasteiger partial charge in [-0.1, -0.05) is 73.7 Å². The topological polar surface area (TPSA) is 105 Å². The van der Waals surface area contributed by atoms with Crippen LogP contribution in [0.4, 0.5) is 4.79 Å². The molecule has 3 N–H and O–H groups in total. The number of unbranched alkanes of at least 4 members (excludes halogenated alkanes) is 4. The minimum Gasteiger partial charge on any atom is -0.472 e. The molecule has 34 heavy (non-hydrogen) atoms. The van der Waals surface area contributed by atoms with Crippen molar-refractivity contribution in [2.24, 2.45) is 0 Å². The average Bonchev–Trinajstić information content (AvgIpc) is 3.16. The first-order valence-corrected chi connectivity index (χ1v) is 11.6. The molecule has 1 aliphatic carbocycles. The fraction of sp³-hybridized carbons (Fsp3) is 0.370. The zero-order valence-corrected chi connectivity index (χ0v) is 19.1. The molecule has 0 saturated heterocycles. The number of fused-ring (bicyclic) bond motifs is 3. The first-order chi connectivity index (χ1) is 16.6. The molecular formula is C27H30N2O5. The summed E-state index contributed by atoms with van der Waals surface area (Å²) in [6.45, 7) is 0.913. The van der Waals surface area contributed by atoms with Crippen LogP contribution in [0.3, 0.4) is 0 Å². The zero-order valence-electron chi connectivity index (χ0n) is 19.1. The third-order valence-electron chi connectivity index (χ3n) is 5.76. The van der Waals surface area contributed by atoms with Gasteiger partial charge in [-0.05, 0) is 35.1 Å². The summed E-state index contributed by atoms with van der Waals surface area (Å²) < 4.78 is 5.53. The van der Waals surface area contributed by atoms with Crippen molar-refractivity contribution in [3.05, 3.63) is 59.7 Å². The molecule has 0 fully saturated rings. The molecule has 0 aromatic heterocycles. The van der Waals surface area contributed by atoms with Gasteiger partial charge in [0.05, 0.1) is 6.54 Å². The Morgan fingerprint density at radius 3 is 2.15 bits per heavy atom. The van der Waals surface area contributed by atoms with Crippen molar-refractivity contribution >= 4 is 18.0 Å². The Morgan fingerprint density at radius 2 is 1.47 bits per heavy atom. The summed E-state index contributed by atoms with van der Waals surface area (Å²) in [5.74, 6) is 3.03. The standard InChI is InChI=1S/C27H30N2O5/c30-25(28-18-10-16-26(31)32)15-4-2-1-3-9-17-29-27(33)34-19-24-22-13-7-5-11-20(22)21-12-6-8-14-23(21)24/h5-8,11-14,24H,1-4,9,15,17-19H2,(H,28,30)(H,29,33)(H,31,32). The maximum Gasteiger partial charge on any atom is 0.407 e. The molecule has 2 aromatic rings. The lowest BCUT2D eigenvalue weighted by molar-refractivity contribution is -0.130. The van der Waals surface area contributed by atoms with Crippen molar-refractivity contribution in [1.82, 2.24) is 10.6 Å². The Hall–Kier alpha value is -3.79. The lowest BCUT2D eigenvalue weighted by Crippen LogP contribution is -2.27. The van der Waals surface area contributed by atoms with E-state index in [1.54, 1.807) is 0 Å². The van der Waals surface area contributed by atoms with Gasteiger partial charge in [0.2, 0.25) is 5.91 Å². The van der Waals surface area contributed by atoms with Gasteiger partial charge in [0.15, 0.2) is 0 Å². The zero-order chi connectivity index (χ0) is 24.2. The summed E-state index contributed by atoms with van der Waals surface area (Å²) in [6.07, 6.45) is 4.45. The summed E-state index contributed by atoms with van der Waals surface area (Å²) in [6, 6.07) is 16.5. The number of rotatable bonds is 11. The second kappa shape index (κ2) is 13.0. The summed E-state index contributed by atoms with van der Waals surface area (Å²) in [5, 5.41) is 13.8. The third kappa shape index (κ3) is 7.38. The highest BCUT2D eigenvalue weighted by Crippen LogP contribution is 2.44. The molecule has 178 valence electrons. The van der Waals surface area contributed by atoms with Crippen LogP contribution in [-0.4, -0.2) is 42.8 Å². The van der Waals surface area contributed by atoms with E-state index in [9.17, 15) is 14.4 Å². The number of carboxylic acids is 1. The van der Waals surface area contributed by atoms with Gasteiger partial charge in [-0.25, -0.2) is 9.59 Å². The first-order valence-electron chi connectivity index (χ1n) is 11.6. The van der Waals surface area contributed by atoms with Gasteiger partial charge in [-0.3, -0.25) is 4.79 Å². The second-order valence-electron chi connectivity index (χ2n) is 8.15. The summed E-state index contributed by atoms with van der Waals surface area (Å²) in [5.41, 5.74) is 4.80. The first kappa shape index (κ1) is 24.8. The molecule has 2 aromatic carbocycles. The van der Waals surface area contributed by atoms with E-state index in [1.807, 2.05) is 30.2 Å². The molecule has 2 amide bonds. The normalized spacial score (nSPS) is 11.5. The molecule has 0 heterocycles. The molecule has 0 bridgehead atoms. The highest BCUT2D eigenvalue weighted by molar-refractivity contribution is 5.86. The number of hydrogen-bond donors (Lipinski definition) is 3. The average molecular weight is 463 g/mol. The number of amides is 2. The summed E-state index contributed by atoms with van der Waals surface area (Å²) in [4.78, 5) is 34.0. The fourth-order valence-corrected chi connectivity index (χ4v) is 4.13. The van der Waals surface area contributed by atoms with Crippen molar-refractivity contribution in [1.29, 1.82) is 0 Å². The summed E-state index contributed by atoms with van der Waals surface area (Å²) in [7, 11) is 0. The molecule has 7 heteroatoms. The second-order valence-corrected chi connectivity index (χ2v) is 8.15. The molecule has 0 spiro atoms. The highest BCUT2D eigenvalue weighted by Gasteiger charge is 2.28. The van der Waals surface area contributed by atoms with Gasteiger partial charge in [0, 0.05) is 24.8 Å². The number of nitrogens with one attached hydrogen (secondary N) is 2. The summed E-state index contributed by atoms with van der Waals surface area (Å²) >= 11 is 0. The number of carboxylic acid groups (broad SMARTS) is 1. The van der Waals surface area contributed by atoms with Crippen molar-refractivity contribution in [2.45, 2.75) is 44.4 Å². The van der Waals surface area contributed by atoms with Gasteiger partial charge in [-0.15, -0.1) is 0 Å². The smallest absolute Gasteiger partial charge is 0.407 e. The van der Waals surface area contributed by atoms with E-state index in [4.69, 9.17) is 9.84 Å². The van der Waals surface area contributed by atoms with Gasteiger partial charge < -0.3 is 20.5 Å².